The molecule has 0 unspecified atom stereocenters. The van der Waals surface area contributed by atoms with Gasteiger partial charge in [-0.25, -0.2) is 9.97 Å². The summed E-state index contributed by atoms with van der Waals surface area (Å²) in [6.07, 6.45) is 4.02. The van der Waals surface area contributed by atoms with E-state index >= 15 is 0 Å². The van der Waals surface area contributed by atoms with E-state index in [2.05, 4.69) is 20.6 Å². The summed E-state index contributed by atoms with van der Waals surface area (Å²) in [4.78, 5) is 34.3. The molecule has 1 aliphatic rings. The molecule has 7 nitrogen and oxygen atoms in total. The molecule has 1 saturated heterocycles. The Morgan fingerprint density at radius 1 is 1.43 bits per heavy atom. The second kappa shape index (κ2) is 6.51. The Morgan fingerprint density at radius 2 is 2.19 bits per heavy atom. The molecule has 0 spiro atoms. The van der Waals surface area contributed by atoms with E-state index in [9.17, 15) is 9.59 Å². The van der Waals surface area contributed by atoms with E-state index in [1.165, 1.54) is 6.20 Å². The molecule has 1 atom stereocenters. The number of aromatic nitrogens is 2. The van der Waals surface area contributed by atoms with Crippen LogP contribution in [0.15, 0.2) is 6.20 Å². The third-order valence-corrected chi connectivity index (χ3v) is 3.45. The molecule has 21 heavy (non-hydrogen) atoms. The van der Waals surface area contributed by atoms with E-state index in [0.717, 1.165) is 12.8 Å². The van der Waals surface area contributed by atoms with Crippen LogP contribution in [0, 0.1) is 6.92 Å². The van der Waals surface area contributed by atoms with Gasteiger partial charge in [0, 0.05) is 26.8 Å². The predicted molar refractivity (Wildman–Crippen MR) is 79.2 cm³/mol. The number of aryl methyl sites for hydroxylation is 1. The van der Waals surface area contributed by atoms with E-state index in [1.807, 2.05) is 14.1 Å². The summed E-state index contributed by atoms with van der Waals surface area (Å²) < 4.78 is 0. The van der Waals surface area contributed by atoms with E-state index < -0.39 is 6.04 Å². The molecule has 1 aromatic rings. The lowest BCUT2D eigenvalue weighted by Crippen LogP contribution is -2.45. The van der Waals surface area contributed by atoms with E-state index in [4.69, 9.17) is 0 Å². The summed E-state index contributed by atoms with van der Waals surface area (Å²) in [7, 11) is 3.68. The molecule has 2 heterocycles. The van der Waals surface area contributed by atoms with Gasteiger partial charge in [0.05, 0.1) is 11.3 Å². The van der Waals surface area contributed by atoms with Crippen molar-refractivity contribution in [3.8, 4) is 0 Å². The maximum absolute atomic E-state index is 12.3. The molecular formula is C14H21N5O2. The summed E-state index contributed by atoms with van der Waals surface area (Å²) in [6, 6.07) is -0.479. The molecule has 2 N–H and O–H groups in total. The minimum atomic E-state index is -0.479. The van der Waals surface area contributed by atoms with Crippen molar-refractivity contribution in [3.05, 3.63) is 17.5 Å². The smallest absolute Gasteiger partial charge is 0.255 e. The first kappa shape index (κ1) is 15.2. The molecule has 114 valence electrons. The molecule has 0 radical (unpaired) electrons. The minimum absolute atomic E-state index is 0.121. The van der Waals surface area contributed by atoms with E-state index in [1.54, 1.807) is 11.8 Å². The van der Waals surface area contributed by atoms with Crippen molar-refractivity contribution in [2.45, 2.75) is 32.2 Å². The predicted octanol–water partition coefficient (Wildman–Crippen LogP) is 0.250. The summed E-state index contributed by atoms with van der Waals surface area (Å²) in [5.74, 6) is 0.125. The average molecular weight is 291 g/mol. The van der Waals surface area contributed by atoms with Gasteiger partial charge < -0.3 is 15.5 Å². The standard InChI is InChI=1S/C14H21N5O2/c1-9-10(8-16-14(17-9)19(2)3)12(20)18-11-6-4-5-7-15-13(11)21/h8,11H,4-7H2,1-3H3,(H,15,21)(H,18,20)/t11-/m1/s1. The molecule has 7 heteroatoms. The molecule has 1 aliphatic heterocycles. The van der Waals surface area contributed by atoms with Crippen LogP contribution in [-0.2, 0) is 4.79 Å². The van der Waals surface area contributed by atoms with Crippen LogP contribution in [0.2, 0.25) is 0 Å². The van der Waals surface area contributed by atoms with Crippen LogP contribution >= 0.6 is 0 Å². The van der Waals surface area contributed by atoms with Crippen LogP contribution in [0.25, 0.3) is 0 Å². The topological polar surface area (TPSA) is 87.2 Å². The number of carbonyl (C=O) groups excluding carboxylic acids is 2. The molecule has 0 saturated carbocycles. The Bertz CT molecular complexity index is 544. The van der Waals surface area contributed by atoms with Gasteiger partial charge in [-0.05, 0) is 26.2 Å². The normalized spacial score (nSPS) is 18.6. The second-order valence-electron chi connectivity index (χ2n) is 5.38. The van der Waals surface area contributed by atoms with E-state index in [0.29, 0.717) is 30.2 Å². The minimum Gasteiger partial charge on any atom is -0.354 e. The van der Waals surface area contributed by atoms with Crippen molar-refractivity contribution < 1.29 is 9.59 Å². The van der Waals surface area contributed by atoms with Crippen LogP contribution in [0.5, 0.6) is 0 Å². The molecule has 0 aromatic carbocycles. The first-order chi connectivity index (χ1) is 9.99. The molecule has 2 rings (SSSR count). The zero-order valence-corrected chi connectivity index (χ0v) is 12.6. The van der Waals surface area contributed by atoms with Crippen molar-refractivity contribution in [3.63, 3.8) is 0 Å². The number of rotatable bonds is 3. The van der Waals surface area contributed by atoms with Crippen LogP contribution < -0.4 is 15.5 Å². The van der Waals surface area contributed by atoms with Gasteiger partial charge in [-0.3, -0.25) is 9.59 Å². The Kier molecular flexibility index (Phi) is 4.72. The fraction of sp³-hybridized carbons (Fsp3) is 0.571. The third-order valence-electron chi connectivity index (χ3n) is 3.45. The lowest BCUT2D eigenvalue weighted by atomic mass is 10.1. The number of amides is 2. The first-order valence-electron chi connectivity index (χ1n) is 7.08. The molecule has 1 aromatic heterocycles. The van der Waals surface area contributed by atoms with E-state index in [-0.39, 0.29) is 11.8 Å². The fourth-order valence-corrected chi connectivity index (χ4v) is 2.21. The number of anilines is 1. The highest BCUT2D eigenvalue weighted by Gasteiger charge is 2.24. The van der Waals surface area contributed by atoms with Gasteiger partial charge in [-0.1, -0.05) is 0 Å². The van der Waals surface area contributed by atoms with Gasteiger partial charge >= 0.3 is 0 Å². The highest BCUT2D eigenvalue weighted by molar-refractivity contribution is 5.98. The Labute approximate surface area is 124 Å². The third kappa shape index (κ3) is 3.68. The largest absolute Gasteiger partial charge is 0.354 e. The maximum Gasteiger partial charge on any atom is 0.255 e. The van der Waals surface area contributed by atoms with Gasteiger partial charge in [0.15, 0.2) is 0 Å². The Balaban J connectivity index is 2.11. The SMILES string of the molecule is Cc1nc(N(C)C)ncc1C(=O)N[C@@H]1CCCCNC1=O. The van der Waals surface area contributed by atoms with Crippen LogP contribution in [0.4, 0.5) is 5.95 Å². The van der Waals surface area contributed by atoms with Crippen molar-refractivity contribution in [2.75, 3.05) is 25.5 Å². The zero-order valence-electron chi connectivity index (χ0n) is 12.6. The monoisotopic (exact) mass is 291 g/mol. The molecule has 1 fully saturated rings. The Morgan fingerprint density at radius 3 is 2.86 bits per heavy atom. The van der Waals surface area contributed by atoms with Gasteiger partial charge in [0.1, 0.15) is 6.04 Å². The van der Waals surface area contributed by atoms with Crippen molar-refractivity contribution in [1.82, 2.24) is 20.6 Å². The molecule has 2 amide bonds. The van der Waals surface area contributed by atoms with Crippen LogP contribution in [-0.4, -0.2) is 48.5 Å². The fourth-order valence-electron chi connectivity index (χ4n) is 2.21. The van der Waals surface area contributed by atoms with Crippen molar-refractivity contribution in [2.24, 2.45) is 0 Å². The number of carbonyl (C=O) groups is 2. The van der Waals surface area contributed by atoms with Crippen molar-refractivity contribution >= 4 is 17.8 Å². The van der Waals surface area contributed by atoms with Gasteiger partial charge in [0.2, 0.25) is 11.9 Å². The van der Waals surface area contributed by atoms with Gasteiger partial charge in [0.25, 0.3) is 5.91 Å². The molecule has 0 aliphatic carbocycles. The lowest BCUT2D eigenvalue weighted by molar-refractivity contribution is -0.122. The van der Waals surface area contributed by atoms with Crippen LogP contribution in [0.3, 0.4) is 0 Å². The number of nitrogens with one attached hydrogen (secondary N) is 2. The number of nitrogens with zero attached hydrogens (tertiary/aromatic N) is 3. The summed E-state index contributed by atoms with van der Waals surface area (Å²) >= 11 is 0. The average Bonchev–Trinajstić information content (AvgIpc) is 2.63. The highest BCUT2D eigenvalue weighted by Crippen LogP contribution is 2.11. The lowest BCUT2D eigenvalue weighted by Gasteiger charge is -2.16. The summed E-state index contributed by atoms with van der Waals surface area (Å²) in [5, 5.41) is 5.57. The number of hydrogen-bond acceptors (Lipinski definition) is 5. The first-order valence-corrected chi connectivity index (χ1v) is 7.08. The quantitative estimate of drug-likeness (QED) is 0.833. The second-order valence-corrected chi connectivity index (χ2v) is 5.38. The highest BCUT2D eigenvalue weighted by atomic mass is 16.2. The van der Waals surface area contributed by atoms with Crippen LogP contribution in [0.1, 0.15) is 35.3 Å². The summed E-state index contributed by atoms with van der Waals surface area (Å²) in [5.41, 5.74) is 0.998. The molecule has 0 bridgehead atoms. The maximum atomic E-state index is 12.3. The van der Waals surface area contributed by atoms with Gasteiger partial charge in [-0.2, -0.15) is 0 Å². The number of hydrogen-bond donors (Lipinski definition) is 2. The van der Waals surface area contributed by atoms with Gasteiger partial charge in [-0.15, -0.1) is 0 Å². The summed E-state index contributed by atoms with van der Waals surface area (Å²) in [6.45, 7) is 2.43. The molecular weight excluding hydrogens is 270 g/mol. The Hall–Kier alpha value is -2.18. The zero-order chi connectivity index (χ0) is 15.4. The van der Waals surface area contributed by atoms with Crippen molar-refractivity contribution in [1.29, 1.82) is 0 Å².